The Hall–Kier alpha value is -2.38. The molecule has 2 aromatic carbocycles. The van der Waals surface area contributed by atoms with E-state index in [2.05, 4.69) is 0 Å². The predicted molar refractivity (Wildman–Crippen MR) is 124 cm³/mol. The number of fused-ring (bicyclic) bond motifs is 1. The SMILES string of the molecule is CC(C)c1cc(OS(=O)(=O)N(C)C)cc2c1C(=O)N(Cc1ccc(Cl)c(C(=O)O)c1Cl)S2(=O)=O. The first-order valence-corrected chi connectivity index (χ1v) is 13.2. The number of carboxylic acid groups (broad SMARTS) is 1. The first-order valence-electron chi connectivity index (χ1n) is 9.66. The normalized spacial score (nSPS) is 15.2. The highest BCUT2D eigenvalue weighted by molar-refractivity contribution is 7.90. The molecule has 0 spiro atoms. The average Bonchev–Trinajstić information content (AvgIpc) is 2.89. The zero-order valence-electron chi connectivity index (χ0n) is 18.4. The van der Waals surface area contributed by atoms with Gasteiger partial charge < -0.3 is 9.29 Å². The van der Waals surface area contributed by atoms with Crippen molar-refractivity contribution in [3.05, 3.63) is 56.6 Å². The highest BCUT2D eigenvalue weighted by Gasteiger charge is 2.44. The van der Waals surface area contributed by atoms with Gasteiger partial charge in [-0.1, -0.05) is 43.1 Å². The molecule has 3 rings (SSSR count). The lowest BCUT2D eigenvalue weighted by Crippen LogP contribution is -2.30. The van der Waals surface area contributed by atoms with Crippen LogP contribution in [0.3, 0.4) is 0 Å². The highest BCUT2D eigenvalue weighted by Crippen LogP contribution is 2.40. The number of hydrogen-bond acceptors (Lipinski definition) is 7. The lowest BCUT2D eigenvalue weighted by molar-refractivity contribution is 0.0697. The van der Waals surface area contributed by atoms with E-state index in [9.17, 15) is 31.5 Å². The number of sulfonamides is 1. The van der Waals surface area contributed by atoms with E-state index in [0.29, 0.717) is 4.31 Å². The maximum atomic E-state index is 13.3. The smallest absolute Gasteiger partial charge is 0.384 e. The molecule has 10 nitrogen and oxygen atoms in total. The van der Waals surface area contributed by atoms with Gasteiger partial charge in [-0.15, -0.1) is 0 Å². The van der Waals surface area contributed by atoms with Crippen LogP contribution >= 0.6 is 23.2 Å². The van der Waals surface area contributed by atoms with Gasteiger partial charge in [-0.3, -0.25) is 4.79 Å². The second-order valence-corrected chi connectivity index (χ2v) is 12.2. The number of hydrogen-bond donors (Lipinski definition) is 1. The Kier molecular flexibility index (Phi) is 6.95. The molecule has 0 bridgehead atoms. The molecule has 0 aliphatic carbocycles. The van der Waals surface area contributed by atoms with Crippen molar-refractivity contribution < 1.29 is 35.7 Å². The van der Waals surface area contributed by atoms with Crippen LogP contribution in [0.5, 0.6) is 5.75 Å². The van der Waals surface area contributed by atoms with Crippen LogP contribution in [-0.2, 0) is 26.9 Å². The molecule has 0 unspecified atom stereocenters. The zero-order chi connectivity index (χ0) is 25.7. The number of rotatable bonds is 7. The van der Waals surface area contributed by atoms with Gasteiger partial charge in [0, 0.05) is 20.2 Å². The van der Waals surface area contributed by atoms with E-state index >= 15 is 0 Å². The van der Waals surface area contributed by atoms with Crippen molar-refractivity contribution in [2.75, 3.05) is 14.1 Å². The van der Waals surface area contributed by atoms with Crippen LogP contribution in [0.4, 0.5) is 0 Å². The lowest BCUT2D eigenvalue weighted by Gasteiger charge is -2.17. The largest absolute Gasteiger partial charge is 0.478 e. The van der Waals surface area contributed by atoms with Crippen molar-refractivity contribution in [2.45, 2.75) is 31.2 Å². The maximum Gasteiger partial charge on any atom is 0.384 e. The summed E-state index contributed by atoms with van der Waals surface area (Å²) in [5, 5.41) is 8.91. The van der Waals surface area contributed by atoms with Gasteiger partial charge in [0.15, 0.2) is 0 Å². The fourth-order valence-electron chi connectivity index (χ4n) is 3.32. The van der Waals surface area contributed by atoms with Crippen molar-refractivity contribution in [3.8, 4) is 5.75 Å². The van der Waals surface area contributed by atoms with Crippen LogP contribution in [-0.4, -0.2) is 56.5 Å². The van der Waals surface area contributed by atoms with Crippen LogP contribution in [0.1, 0.15) is 51.6 Å². The van der Waals surface area contributed by atoms with Gasteiger partial charge in [-0.25, -0.2) is 17.5 Å². The molecule has 184 valence electrons. The summed E-state index contributed by atoms with van der Waals surface area (Å²) in [6.07, 6.45) is 0. The van der Waals surface area contributed by atoms with Gasteiger partial charge in [0.05, 0.1) is 27.7 Å². The Balaban J connectivity index is 2.15. The molecule has 0 aromatic heterocycles. The molecular formula is C20H20Cl2N2O8S2. The van der Waals surface area contributed by atoms with Crippen LogP contribution in [0.2, 0.25) is 10.0 Å². The van der Waals surface area contributed by atoms with Gasteiger partial charge in [0.25, 0.3) is 15.9 Å². The van der Waals surface area contributed by atoms with Gasteiger partial charge in [0.1, 0.15) is 10.6 Å². The molecule has 1 N–H and O–H groups in total. The Morgan fingerprint density at radius 1 is 1.21 bits per heavy atom. The Morgan fingerprint density at radius 3 is 2.35 bits per heavy atom. The molecule has 0 radical (unpaired) electrons. The molecule has 1 heterocycles. The second-order valence-electron chi connectivity index (χ2n) is 7.88. The molecule has 2 aromatic rings. The Bertz CT molecular complexity index is 1420. The van der Waals surface area contributed by atoms with E-state index in [1.165, 1.54) is 32.3 Å². The number of halogens is 2. The van der Waals surface area contributed by atoms with Crippen molar-refractivity contribution in [1.29, 1.82) is 0 Å². The summed E-state index contributed by atoms with van der Waals surface area (Å²) >= 11 is 12.0. The van der Waals surface area contributed by atoms with E-state index in [4.69, 9.17) is 27.4 Å². The molecule has 0 fully saturated rings. The summed E-state index contributed by atoms with van der Waals surface area (Å²) in [6, 6.07) is 4.84. The van der Waals surface area contributed by atoms with Crippen LogP contribution in [0.15, 0.2) is 29.2 Å². The van der Waals surface area contributed by atoms with Crippen LogP contribution in [0.25, 0.3) is 0 Å². The number of carbonyl (C=O) groups excluding carboxylic acids is 1. The molecule has 0 atom stereocenters. The quantitative estimate of drug-likeness (QED) is 0.553. The van der Waals surface area contributed by atoms with Crippen molar-refractivity contribution in [1.82, 2.24) is 8.61 Å². The molecule has 34 heavy (non-hydrogen) atoms. The summed E-state index contributed by atoms with van der Waals surface area (Å²) in [5.41, 5.74) is -0.222. The zero-order valence-corrected chi connectivity index (χ0v) is 21.5. The fourth-order valence-corrected chi connectivity index (χ4v) is 5.99. The standard InChI is InChI=1S/C20H20Cl2N2O8S2/c1-10(2)13-7-12(32-34(30,31)23(3)4)8-15-16(13)19(25)24(33(15,28)29)9-11-5-6-14(21)17(18(11)22)20(26)27/h5-8,10H,9H2,1-4H3,(H,26,27). The van der Waals surface area contributed by atoms with Gasteiger partial charge >= 0.3 is 16.3 Å². The number of amides is 1. The summed E-state index contributed by atoms with van der Waals surface area (Å²) in [6.45, 7) is 2.85. The number of nitrogens with zero attached hydrogens (tertiary/aromatic N) is 2. The minimum absolute atomic E-state index is 0.0472. The van der Waals surface area contributed by atoms with E-state index in [1.807, 2.05) is 0 Å². The molecule has 0 saturated heterocycles. The molecule has 1 aliphatic heterocycles. The fraction of sp³-hybridized carbons (Fsp3) is 0.300. The van der Waals surface area contributed by atoms with Crippen LogP contribution in [0, 0.1) is 0 Å². The first-order chi connectivity index (χ1) is 15.6. The molecule has 1 aliphatic rings. The predicted octanol–water partition coefficient (Wildman–Crippen LogP) is 3.34. The molecule has 14 heteroatoms. The number of carboxylic acids is 1. The number of aromatic carboxylic acids is 1. The topological polar surface area (TPSA) is 138 Å². The average molecular weight is 551 g/mol. The lowest BCUT2D eigenvalue weighted by atomic mass is 9.96. The Morgan fingerprint density at radius 2 is 1.82 bits per heavy atom. The first kappa shape index (κ1) is 26.2. The van der Waals surface area contributed by atoms with Gasteiger partial charge in [0.2, 0.25) is 0 Å². The van der Waals surface area contributed by atoms with Crippen molar-refractivity contribution in [3.63, 3.8) is 0 Å². The van der Waals surface area contributed by atoms with E-state index in [-0.39, 0.29) is 38.4 Å². The van der Waals surface area contributed by atoms with E-state index < -0.39 is 49.2 Å². The molecule has 0 saturated carbocycles. The van der Waals surface area contributed by atoms with Gasteiger partial charge in [-0.2, -0.15) is 12.7 Å². The second kappa shape index (κ2) is 9.00. The third-order valence-corrected chi connectivity index (χ3v) is 8.88. The summed E-state index contributed by atoms with van der Waals surface area (Å²) < 4.78 is 57.4. The highest BCUT2D eigenvalue weighted by atomic mass is 35.5. The molecular weight excluding hydrogens is 531 g/mol. The van der Waals surface area contributed by atoms with Crippen molar-refractivity contribution >= 4 is 55.4 Å². The molecule has 1 amide bonds. The van der Waals surface area contributed by atoms with E-state index in [1.54, 1.807) is 13.8 Å². The van der Waals surface area contributed by atoms with Crippen LogP contribution < -0.4 is 4.18 Å². The summed E-state index contributed by atoms with van der Waals surface area (Å²) in [7, 11) is -6.15. The number of benzene rings is 2. The monoisotopic (exact) mass is 550 g/mol. The third-order valence-electron chi connectivity index (χ3n) is 5.08. The van der Waals surface area contributed by atoms with E-state index in [0.717, 1.165) is 10.4 Å². The third kappa shape index (κ3) is 4.48. The minimum atomic E-state index is -4.45. The minimum Gasteiger partial charge on any atom is -0.478 e. The van der Waals surface area contributed by atoms with Crippen molar-refractivity contribution in [2.24, 2.45) is 0 Å². The number of carbonyl (C=O) groups is 2. The Labute approximate surface area is 206 Å². The maximum absolute atomic E-state index is 13.3. The van der Waals surface area contributed by atoms with Gasteiger partial charge in [-0.05, 0) is 29.2 Å². The summed E-state index contributed by atoms with van der Waals surface area (Å²) in [4.78, 5) is 24.3. The summed E-state index contributed by atoms with van der Waals surface area (Å²) in [5.74, 6) is -2.91.